The summed E-state index contributed by atoms with van der Waals surface area (Å²) in [5.74, 6) is -2.75. The Bertz CT molecular complexity index is 715. The van der Waals surface area contributed by atoms with Gasteiger partial charge in [-0.15, -0.1) is 0 Å². The van der Waals surface area contributed by atoms with Gasteiger partial charge in [-0.1, -0.05) is 18.2 Å². The molecule has 0 amide bonds. The molecule has 0 aliphatic heterocycles. The van der Waals surface area contributed by atoms with Gasteiger partial charge in [-0.05, 0) is 18.9 Å². The standard InChI is InChI=1S/C19H20O5/c20-12-6-2-1-5-11(12)17(18-13(21)7-3-8-14(18)22)19-15(23)9-4-10-16(19)24/h1-2,5-6,17-18,20,23H,3-4,7-10H2/t17-/m0/s1. The summed E-state index contributed by atoms with van der Waals surface area (Å²) in [5.41, 5.74) is 0.472. The van der Waals surface area contributed by atoms with Crippen molar-refractivity contribution in [1.29, 1.82) is 0 Å². The number of Topliss-reactive ketones (excluding diaryl/α,β-unsaturated/α-hetero) is 3. The van der Waals surface area contributed by atoms with Gasteiger partial charge in [0.15, 0.2) is 5.78 Å². The minimum Gasteiger partial charge on any atom is -0.512 e. The van der Waals surface area contributed by atoms with Gasteiger partial charge in [-0.25, -0.2) is 0 Å². The number of hydrogen-bond acceptors (Lipinski definition) is 5. The van der Waals surface area contributed by atoms with Gasteiger partial charge in [0.1, 0.15) is 17.3 Å². The van der Waals surface area contributed by atoms with Crippen LogP contribution in [0, 0.1) is 5.92 Å². The van der Waals surface area contributed by atoms with Crippen molar-refractivity contribution in [2.24, 2.45) is 5.92 Å². The molecular formula is C19H20O5. The van der Waals surface area contributed by atoms with E-state index in [0.29, 0.717) is 24.8 Å². The molecule has 1 aromatic rings. The van der Waals surface area contributed by atoms with Crippen LogP contribution in [-0.4, -0.2) is 27.6 Å². The summed E-state index contributed by atoms with van der Waals surface area (Å²) in [4.78, 5) is 37.4. The largest absolute Gasteiger partial charge is 0.512 e. The highest BCUT2D eigenvalue weighted by atomic mass is 16.3. The lowest BCUT2D eigenvalue weighted by molar-refractivity contribution is -0.136. The fourth-order valence-corrected chi connectivity index (χ4v) is 3.75. The highest BCUT2D eigenvalue weighted by Gasteiger charge is 2.43. The monoisotopic (exact) mass is 328 g/mol. The molecular weight excluding hydrogens is 308 g/mol. The summed E-state index contributed by atoms with van der Waals surface area (Å²) >= 11 is 0. The minimum absolute atomic E-state index is 0.0642. The number of allylic oxidation sites excluding steroid dienone is 2. The van der Waals surface area contributed by atoms with Gasteiger partial charge in [-0.3, -0.25) is 14.4 Å². The number of carbonyl (C=O) groups is 3. The van der Waals surface area contributed by atoms with E-state index >= 15 is 0 Å². The number of aliphatic hydroxyl groups excluding tert-OH is 1. The zero-order valence-corrected chi connectivity index (χ0v) is 13.3. The Hall–Kier alpha value is -2.43. The lowest BCUT2D eigenvalue weighted by Crippen LogP contribution is -2.37. The van der Waals surface area contributed by atoms with Crippen molar-refractivity contribution in [3.63, 3.8) is 0 Å². The van der Waals surface area contributed by atoms with E-state index in [1.807, 2.05) is 0 Å². The molecule has 24 heavy (non-hydrogen) atoms. The summed E-state index contributed by atoms with van der Waals surface area (Å²) in [7, 11) is 0. The SMILES string of the molecule is O=C1CCCC(O)=C1[C@@H](c1ccccc1O)C1C(=O)CCCC1=O. The van der Waals surface area contributed by atoms with Crippen molar-refractivity contribution in [2.45, 2.75) is 44.4 Å². The first-order chi connectivity index (χ1) is 11.5. The number of phenolic OH excluding ortho intramolecular Hbond substituents is 1. The molecule has 1 atom stereocenters. The van der Waals surface area contributed by atoms with Gasteiger partial charge >= 0.3 is 0 Å². The Morgan fingerprint density at radius 1 is 0.875 bits per heavy atom. The Morgan fingerprint density at radius 2 is 1.50 bits per heavy atom. The van der Waals surface area contributed by atoms with Gasteiger partial charge in [0.25, 0.3) is 0 Å². The first kappa shape index (κ1) is 16.4. The number of hydrogen-bond donors (Lipinski definition) is 2. The van der Waals surface area contributed by atoms with Crippen molar-refractivity contribution in [3.8, 4) is 5.75 Å². The van der Waals surface area contributed by atoms with E-state index in [0.717, 1.165) is 0 Å². The van der Waals surface area contributed by atoms with Gasteiger partial charge < -0.3 is 10.2 Å². The molecule has 5 heteroatoms. The topological polar surface area (TPSA) is 91.7 Å². The molecule has 0 unspecified atom stereocenters. The third-order valence-corrected chi connectivity index (χ3v) is 4.88. The van der Waals surface area contributed by atoms with Crippen LogP contribution in [0.1, 0.15) is 50.0 Å². The molecule has 0 aromatic heterocycles. The predicted molar refractivity (Wildman–Crippen MR) is 86.7 cm³/mol. The highest BCUT2D eigenvalue weighted by molar-refractivity contribution is 6.08. The minimum atomic E-state index is -1.01. The first-order valence-corrected chi connectivity index (χ1v) is 8.29. The van der Waals surface area contributed by atoms with E-state index in [1.165, 1.54) is 6.07 Å². The van der Waals surface area contributed by atoms with Crippen molar-refractivity contribution >= 4 is 17.3 Å². The van der Waals surface area contributed by atoms with Crippen LogP contribution in [0.5, 0.6) is 5.75 Å². The number of ketones is 3. The summed E-state index contributed by atoms with van der Waals surface area (Å²) in [5, 5.41) is 20.6. The second-order valence-electron chi connectivity index (χ2n) is 6.44. The number of carbonyl (C=O) groups excluding carboxylic acids is 3. The van der Waals surface area contributed by atoms with Gasteiger partial charge in [0, 0.05) is 42.7 Å². The molecule has 0 saturated heterocycles. The quantitative estimate of drug-likeness (QED) is 0.832. The molecule has 3 rings (SSSR count). The summed E-state index contributed by atoms with van der Waals surface area (Å²) in [6.45, 7) is 0. The number of para-hydroxylation sites is 1. The molecule has 0 bridgehead atoms. The van der Waals surface area contributed by atoms with Crippen LogP contribution in [0.2, 0.25) is 0 Å². The Labute approximate surface area is 140 Å². The number of rotatable bonds is 3. The summed E-state index contributed by atoms with van der Waals surface area (Å²) in [6.07, 6.45) is 2.25. The van der Waals surface area contributed by atoms with Crippen LogP contribution in [0.4, 0.5) is 0 Å². The Morgan fingerprint density at radius 3 is 2.12 bits per heavy atom. The molecule has 2 aliphatic rings. The molecule has 0 heterocycles. The first-order valence-electron chi connectivity index (χ1n) is 8.29. The fourth-order valence-electron chi connectivity index (χ4n) is 3.75. The number of aromatic hydroxyl groups is 1. The van der Waals surface area contributed by atoms with Crippen LogP contribution >= 0.6 is 0 Å². The molecule has 2 N–H and O–H groups in total. The fraction of sp³-hybridized carbons (Fsp3) is 0.421. The average molecular weight is 328 g/mol. The van der Waals surface area contributed by atoms with E-state index < -0.39 is 11.8 Å². The molecule has 1 fully saturated rings. The zero-order valence-electron chi connectivity index (χ0n) is 13.3. The smallest absolute Gasteiger partial charge is 0.162 e. The Balaban J connectivity index is 2.18. The van der Waals surface area contributed by atoms with E-state index in [1.54, 1.807) is 18.2 Å². The van der Waals surface area contributed by atoms with Crippen molar-refractivity contribution < 1.29 is 24.6 Å². The van der Waals surface area contributed by atoms with Crippen LogP contribution in [0.15, 0.2) is 35.6 Å². The maximum atomic E-state index is 12.5. The molecule has 5 nitrogen and oxygen atoms in total. The molecule has 0 radical (unpaired) electrons. The normalized spacial score (nSPS) is 21.2. The van der Waals surface area contributed by atoms with E-state index in [9.17, 15) is 24.6 Å². The molecule has 0 spiro atoms. The third-order valence-electron chi connectivity index (χ3n) is 4.88. The van der Waals surface area contributed by atoms with Crippen LogP contribution in [0.3, 0.4) is 0 Å². The average Bonchev–Trinajstić information content (AvgIpc) is 2.53. The van der Waals surface area contributed by atoms with Gasteiger partial charge in [0.05, 0.1) is 11.7 Å². The Kier molecular flexibility index (Phi) is 4.51. The van der Waals surface area contributed by atoms with Crippen LogP contribution in [-0.2, 0) is 14.4 Å². The lowest BCUT2D eigenvalue weighted by atomic mass is 9.69. The molecule has 2 aliphatic carbocycles. The number of phenols is 1. The van der Waals surface area contributed by atoms with Crippen molar-refractivity contribution in [2.75, 3.05) is 0 Å². The third kappa shape index (κ3) is 2.86. The summed E-state index contributed by atoms with van der Waals surface area (Å²) in [6, 6.07) is 6.39. The maximum Gasteiger partial charge on any atom is 0.162 e. The van der Waals surface area contributed by atoms with Crippen LogP contribution in [0.25, 0.3) is 0 Å². The van der Waals surface area contributed by atoms with Gasteiger partial charge in [0.2, 0.25) is 0 Å². The highest BCUT2D eigenvalue weighted by Crippen LogP contribution is 2.43. The van der Waals surface area contributed by atoms with Crippen LogP contribution < -0.4 is 0 Å². The molecule has 1 aromatic carbocycles. The second kappa shape index (κ2) is 6.59. The van der Waals surface area contributed by atoms with Gasteiger partial charge in [-0.2, -0.15) is 0 Å². The molecule has 126 valence electrons. The van der Waals surface area contributed by atoms with Crippen molar-refractivity contribution in [1.82, 2.24) is 0 Å². The number of benzene rings is 1. The van der Waals surface area contributed by atoms with Crippen molar-refractivity contribution in [3.05, 3.63) is 41.2 Å². The lowest BCUT2D eigenvalue weighted by Gasteiger charge is -2.32. The zero-order chi connectivity index (χ0) is 17.3. The van der Waals surface area contributed by atoms with E-state index in [4.69, 9.17) is 0 Å². The second-order valence-corrected chi connectivity index (χ2v) is 6.44. The van der Waals surface area contributed by atoms with E-state index in [-0.39, 0.29) is 53.7 Å². The van der Waals surface area contributed by atoms with E-state index in [2.05, 4.69) is 0 Å². The molecule has 1 saturated carbocycles. The predicted octanol–water partition coefficient (Wildman–Crippen LogP) is 2.98. The number of aliphatic hydroxyl groups is 1. The summed E-state index contributed by atoms with van der Waals surface area (Å²) < 4.78 is 0. The maximum absolute atomic E-state index is 12.5.